The molecular weight excluding hydrogens is 576 g/mol. The Bertz CT molecular complexity index is 1780. The van der Waals surface area contributed by atoms with Crippen molar-refractivity contribution in [2.45, 2.75) is 43.2 Å². The summed E-state index contributed by atoms with van der Waals surface area (Å²) in [6.07, 6.45) is -2.83. The van der Waals surface area contributed by atoms with Crippen LogP contribution in [0.15, 0.2) is 93.1 Å². The van der Waals surface area contributed by atoms with E-state index < -0.39 is 43.8 Å². The molecule has 0 aliphatic carbocycles. The summed E-state index contributed by atoms with van der Waals surface area (Å²) in [5.41, 5.74) is 3.15. The van der Waals surface area contributed by atoms with Crippen LogP contribution in [-0.2, 0) is 37.7 Å². The first-order valence-electron chi connectivity index (χ1n) is 12.3. The number of sulfone groups is 1. The van der Waals surface area contributed by atoms with Crippen LogP contribution >= 0.6 is 0 Å². The van der Waals surface area contributed by atoms with Gasteiger partial charge in [0.2, 0.25) is 10.0 Å². The number of furan rings is 1. The molecule has 12 heteroatoms. The number of carboxylic acid groups (broad SMARTS) is 1. The van der Waals surface area contributed by atoms with Crippen molar-refractivity contribution in [1.82, 2.24) is 4.31 Å². The van der Waals surface area contributed by atoms with E-state index in [0.717, 1.165) is 15.9 Å². The molecule has 0 radical (unpaired) electrons. The van der Waals surface area contributed by atoms with E-state index in [1.807, 2.05) is 6.92 Å². The molecule has 1 N–H and O–H groups in total. The van der Waals surface area contributed by atoms with Crippen LogP contribution in [0.4, 0.5) is 8.78 Å². The van der Waals surface area contributed by atoms with Crippen molar-refractivity contribution in [3.05, 3.63) is 107 Å². The maximum Gasteiger partial charge on any atom is 0.319 e. The highest BCUT2D eigenvalue weighted by atomic mass is 32.2. The molecule has 0 bridgehead atoms. The molecule has 0 aliphatic heterocycles. The van der Waals surface area contributed by atoms with E-state index in [1.54, 1.807) is 49.4 Å². The number of rotatable bonds is 11. The van der Waals surface area contributed by atoms with Crippen LogP contribution in [0.5, 0.6) is 0 Å². The Hall–Kier alpha value is -3.87. The number of hydrogen-bond acceptors (Lipinski definition) is 6. The Morgan fingerprint density at radius 1 is 0.878 bits per heavy atom. The molecule has 3 aromatic carbocycles. The van der Waals surface area contributed by atoms with Crippen LogP contribution in [0.25, 0.3) is 11.1 Å². The number of carboxylic acids is 1. The maximum atomic E-state index is 13.7. The number of benzene rings is 3. The average Bonchev–Trinajstić information content (AvgIpc) is 3.37. The van der Waals surface area contributed by atoms with Gasteiger partial charge in [0.1, 0.15) is 5.76 Å². The standard InChI is InChI=1S/C29H27F2NO7S2/c1-19-6-13-27(20(2)14-19)41(37,38)32(17-24-11-12-26(39-24)29(30)31)16-21-7-9-22(10-8-21)23-4-3-5-25(15-23)40(35,36)18-28(33)34/h3-15,29H,16-18H2,1-2H3,(H,33,34). The van der Waals surface area contributed by atoms with Crippen LogP contribution in [0.1, 0.15) is 34.6 Å². The number of halogens is 2. The summed E-state index contributed by atoms with van der Waals surface area (Å²) in [4.78, 5) is 10.9. The molecule has 1 aromatic heterocycles. The lowest BCUT2D eigenvalue weighted by Crippen LogP contribution is -2.30. The van der Waals surface area contributed by atoms with Crippen molar-refractivity contribution in [2.75, 3.05) is 5.75 Å². The summed E-state index contributed by atoms with van der Waals surface area (Å²) in [6.45, 7) is 3.13. The molecule has 41 heavy (non-hydrogen) atoms. The summed E-state index contributed by atoms with van der Waals surface area (Å²) in [5.74, 6) is -2.99. The Balaban J connectivity index is 1.65. The molecule has 216 valence electrons. The zero-order valence-electron chi connectivity index (χ0n) is 22.1. The second-order valence-electron chi connectivity index (χ2n) is 9.52. The molecule has 0 spiro atoms. The minimum Gasteiger partial charge on any atom is -0.480 e. The Labute approximate surface area is 236 Å². The molecule has 4 aromatic rings. The van der Waals surface area contributed by atoms with Gasteiger partial charge in [-0.3, -0.25) is 4.79 Å². The lowest BCUT2D eigenvalue weighted by molar-refractivity contribution is -0.134. The topological polar surface area (TPSA) is 122 Å². The van der Waals surface area contributed by atoms with E-state index in [2.05, 4.69) is 0 Å². The van der Waals surface area contributed by atoms with E-state index in [9.17, 15) is 30.4 Å². The number of alkyl halides is 2. The first-order chi connectivity index (χ1) is 19.3. The minimum atomic E-state index is -4.08. The van der Waals surface area contributed by atoms with Crippen LogP contribution in [-0.4, -0.2) is 38.0 Å². The van der Waals surface area contributed by atoms with Gasteiger partial charge in [0.25, 0.3) is 6.43 Å². The summed E-state index contributed by atoms with van der Waals surface area (Å²) >= 11 is 0. The fraction of sp³-hybridized carbons (Fsp3) is 0.207. The second-order valence-corrected chi connectivity index (χ2v) is 13.4. The van der Waals surface area contributed by atoms with Crippen LogP contribution in [0.3, 0.4) is 0 Å². The minimum absolute atomic E-state index is 0.0599. The second kappa shape index (κ2) is 11.9. The van der Waals surface area contributed by atoms with E-state index in [1.165, 1.54) is 30.3 Å². The van der Waals surface area contributed by atoms with Gasteiger partial charge >= 0.3 is 5.97 Å². The van der Waals surface area contributed by atoms with Crippen LogP contribution in [0, 0.1) is 13.8 Å². The van der Waals surface area contributed by atoms with Crippen molar-refractivity contribution in [1.29, 1.82) is 0 Å². The molecule has 0 amide bonds. The Kier molecular flexibility index (Phi) is 8.76. The summed E-state index contributed by atoms with van der Waals surface area (Å²) in [5, 5.41) is 8.91. The van der Waals surface area contributed by atoms with Gasteiger partial charge < -0.3 is 9.52 Å². The highest BCUT2D eigenvalue weighted by Crippen LogP contribution is 2.29. The Morgan fingerprint density at radius 2 is 1.59 bits per heavy atom. The Morgan fingerprint density at radius 3 is 2.20 bits per heavy atom. The number of aliphatic carboxylic acids is 1. The summed E-state index contributed by atoms with van der Waals surface area (Å²) in [6, 6.07) is 19.9. The number of aryl methyl sites for hydroxylation is 2. The number of nitrogens with zero attached hydrogens (tertiary/aromatic N) is 1. The third-order valence-electron chi connectivity index (χ3n) is 6.33. The zero-order valence-corrected chi connectivity index (χ0v) is 23.8. The molecule has 1 heterocycles. The van der Waals surface area contributed by atoms with Crippen molar-refractivity contribution in [3.63, 3.8) is 0 Å². The van der Waals surface area contributed by atoms with E-state index >= 15 is 0 Å². The van der Waals surface area contributed by atoms with Gasteiger partial charge in [0, 0.05) is 6.54 Å². The van der Waals surface area contributed by atoms with Gasteiger partial charge in [-0.15, -0.1) is 0 Å². The fourth-order valence-corrected chi connectivity index (χ4v) is 7.03. The largest absolute Gasteiger partial charge is 0.480 e. The van der Waals surface area contributed by atoms with Gasteiger partial charge in [-0.2, -0.15) is 4.31 Å². The molecule has 0 fully saturated rings. The zero-order chi connectivity index (χ0) is 29.9. The maximum absolute atomic E-state index is 13.7. The molecule has 0 unspecified atom stereocenters. The SMILES string of the molecule is Cc1ccc(S(=O)(=O)N(Cc2ccc(-c3cccc(S(=O)(=O)CC(=O)O)c3)cc2)Cc2ccc(C(F)F)o2)c(C)c1. The van der Waals surface area contributed by atoms with Crippen LogP contribution in [0.2, 0.25) is 0 Å². The predicted molar refractivity (Wildman–Crippen MR) is 148 cm³/mol. The molecule has 4 rings (SSSR count). The molecule has 8 nitrogen and oxygen atoms in total. The van der Waals surface area contributed by atoms with Crippen molar-refractivity contribution >= 4 is 25.8 Å². The predicted octanol–water partition coefficient (Wildman–Crippen LogP) is 5.75. The van der Waals surface area contributed by atoms with E-state index in [-0.39, 0.29) is 28.6 Å². The van der Waals surface area contributed by atoms with Gasteiger partial charge in [0.05, 0.1) is 16.3 Å². The molecule has 0 aliphatic rings. The highest BCUT2D eigenvalue weighted by Gasteiger charge is 2.28. The average molecular weight is 604 g/mol. The van der Waals surface area contributed by atoms with Gasteiger partial charge in [-0.1, -0.05) is 54.1 Å². The van der Waals surface area contributed by atoms with Gasteiger partial charge in [0.15, 0.2) is 21.4 Å². The van der Waals surface area contributed by atoms with Crippen molar-refractivity contribution < 1.29 is 39.9 Å². The first kappa shape index (κ1) is 30.1. The quantitative estimate of drug-likeness (QED) is 0.232. The third-order valence-corrected chi connectivity index (χ3v) is 9.88. The lowest BCUT2D eigenvalue weighted by atomic mass is 10.0. The van der Waals surface area contributed by atoms with Gasteiger partial charge in [-0.05, 0) is 66.4 Å². The van der Waals surface area contributed by atoms with Crippen molar-refractivity contribution in [2.24, 2.45) is 0 Å². The fourth-order valence-electron chi connectivity index (χ4n) is 4.35. The van der Waals surface area contributed by atoms with E-state index in [0.29, 0.717) is 22.3 Å². The number of sulfonamides is 1. The molecule has 0 saturated carbocycles. The van der Waals surface area contributed by atoms with Gasteiger partial charge in [-0.25, -0.2) is 25.6 Å². The molecular formula is C29H27F2NO7S2. The number of carbonyl (C=O) groups is 1. The first-order valence-corrected chi connectivity index (χ1v) is 15.4. The monoisotopic (exact) mass is 603 g/mol. The summed E-state index contributed by atoms with van der Waals surface area (Å²) in [7, 11) is -8.10. The third kappa shape index (κ3) is 7.07. The lowest BCUT2D eigenvalue weighted by Gasteiger charge is -2.23. The molecule has 0 saturated heterocycles. The number of hydrogen-bond donors (Lipinski definition) is 1. The normalized spacial score (nSPS) is 12.2. The smallest absolute Gasteiger partial charge is 0.319 e. The van der Waals surface area contributed by atoms with E-state index in [4.69, 9.17) is 9.52 Å². The summed E-state index contributed by atoms with van der Waals surface area (Å²) < 4.78 is 84.7. The van der Waals surface area contributed by atoms with Crippen molar-refractivity contribution in [3.8, 4) is 11.1 Å². The highest BCUT2D eigenvalue weighted by molar-refractivity contribution is 7.92. The van der Waals surface area contributed by atoms with Crippen LogP contribution < -0.4 is 0 Å². The molecule has 0 atom stereocenters.